The number of rotatable bonds is 5. The number of para-hydroxylation sites is 1. The molecule has 2 heterocycles. The van der Waals surface area contributed by atoms with Gasteiger partial charge in [-0.25, -0.2) is 9.97 Å². The van der Waals surface area contributed by atoms with Crippen molar-refractivity contribution in [2.45, 2.75) is 23.9 Å². The average Bonchev–Trinajstić information content (AvgIpc) is 3.00. The molecule has 1 N–H and O–H groups in total. The number of carbonyl (C=O) groups is 1. The standard InChI is InChI=1S/C16H14F3N3O2S/c17-16(18,19)13-5-6-20-15(22-13)25-9-14(23)21-8-11-7-10-3-1-2-4-12(10)24-11/h1-6,11H,7-9H2,(H,21,23). The molecule has 25 heavy (non-hydrogen) atoms. The molecule has 1 aliphatic heterocycles. The third kappa shape index (κ3) is 4.62. The second kappa shape index (κ2) is 7.30. The minimum atomic E-state index is -4.53. The van der Waals surface area contributed by atoms with Crippen LogP contribution in [0.1, 0.15) is 11.3 Å². The minimum Gasteiger partial charge on any atom is -0.488 e. The van der Waals surface area contributed by atoms with Crippen molar-refractivity contribution in [2.24, 2.45) is 0 Å². The molecule has 1 amide bonds. The zero-order chi connectivity index (χ0) is 17.9. The average molecular weight is 369 g/mol. The number of nitrogens with zero attached hydrogens (tertiary/aromatic N) is 2. The SMILES string of the molecule is O=C(CSc1nccc(C(F)(F)F)n1)NCC1Cc2ccccc2O1. The van der Waals surface area contributed by atoms with E-state index in [1.54, 1.807) is 0 Å². The van der Waals surface area contributed by atoms with Gasteiger partial charge in [-0.05, 0) is 17.7 Å². The van der Waals surface area contributed by atoms with Crippen LogP contribution in [0, 0.1) is 0 Å². The van der Waals surface area contributed by atoms with E-state index in [0.717, 1.165) is 35.3 Å². The van der Waals surface area contributed by atoms with Crippen LogP contribution in [-0.2, 0) is 17.4 Å². The second-order valence-corrected chi connectivity index (χ2v) is 6.31. The Bertz CT molecular complexity index is 745. The Morgan fingerprint density at radius 2 is 2.12 bits per heavy atom. The Morgan fingerprint density at radius 3 is 2.88 bits per heavy atom. The number of amides is 1. The summed E-state index contributed by atoms with van der Waals surface area (Å²) in [5.74, 6) is 0.431. The van der Waals surface area contributed by atoms with Crippen molar-refractivity contribution in [1.82, 2.24) is 15.3 Å². The van der Waals surface area contributed by atoms with Crippen LogP contribution < -0.4 is 10.1 Å². The molecule has 5 nitrogen and oxygen atoms in total. The van der Waals surface area contributed by atoms with Crippen LogP contribution in [0.4, 0.5) is 13.2 Å². The van der Waals surface area contributed by atoms with E-state index in [9.17, 15) is 18.0 Å². The molecule has 2 aromatic rings. The summed E-state index contributed by atoms with van der Waals surface area (Å²) in [6.45, 7) is 0.331. The van der Waals surface area contributed by atoms with Gasteiger partial charge >= 0.3 is 6.18 Å². The largest absolute Gasteiger partial charge is 0.488 e. The zero-order valence-electron chi connectivity index (χ0n) is 12.9. The number of fused-ring (bicyclic) bond motifs is 1. The van der Waals surface area contributed by atoms with E-state index < -0.39 is 11.9 Å². The number of halogens is 3. The fraction of sp³-hybridized carbons (Fsp3) is 0.312. The second-order valence-electron chi connectivity index (χ2n) is 5.37. The van der Waals surface area contributed by atoms with Crippen LogP contribution in [-0.4, -0.2) is 34.3 Å². The van der Waals surface area contributed by atoms with Crippen LogP contribution in [0.2, 0.25) is 0 Å². The van der Waals surface area contributed by atoms with Crippen molar-refractivity contribution >= 4 is 17.7 Å². The molecule has 0 aliphatic carbocycles. The number of alkyl halides is 3. The summed E-state index contributed by atoms with van der Waals surface area (Å²) in [7, 11) is 0. The number of hydrogen-bond donors (Lipinski definition) is 1. The van der Waals surface area contributed by atoms with E-state index >= 15 is 0 Å². The van der Waals surface area contributed by atoms with Crippen molar-refractivity contribution in [3.63, 3.8) is 0 Å². The van der Waals surface area contributed by atoms with E-state index in [0.29, 0.717) is 13.0 Å². The number of aromatic nitrogens is 2. The van der Waals surface area contributed by atoms with Crippen molar-refractivity contribution < 1.29 is 22.7 Å². The number of thioether (sulfide) groups is 1. The lowest BCUT2D eigenvalue weighted by molar-refractivity contribution is -0.141. The van der Waals surface area contributed by atoms with Gasteiger partial charge in [0.2, 0.25) is 5.91 Å². The molecule has 1 unspecified atom stereocenters. The van der Waals surface area contributed by atoms with Gasteiger partial charge in [0.25, 0.3) is 0 Å². The summed E-state index contributed by atoms with van der Waals surface area (Å²) in [5, 5.41) is 2.62. The Hall–Kier alpha value is -2.29. The Balaban J connectivity index is 1.45. The molecule has 1 aliphatic rings. The maximum atomic E-state index is 12.6. The van der Waals surface area contributed by atoms with Crippen molar-refractivity contribution in [3.8, 4) is 5.75 Å². The number of nitrogens with one attached hydrogen (secondary N) is 1. The first kappa shape index (κ1) is 17.5. The van der Waals surface area contributed by atoms with E-state index in [2.05, 4.69) is 15.3 Å². The quantitative estimate of drug-likeness (QED) is 0.649. The smallest absolute Gasteiger partial charge is 0.433 e. The molecule has 0 spiro atoms. The van der Waals surface area contributed by atoms with Gasteiger partial charge in [0.15, 0.2) is 5.16 Å². The molecule has 1 aromatic heterocycles. The molecule has 3 rings (SSSR count). The molecule has 0 fully saturated rings. The summed E-state index contributed by atoms with van der Waals surface area (Å²) >= 11 is 0.854. The highest BCUT2D eigenvalue weighted by Crippen LogP contribution is 2.29. The number of hydrogen-bond acceptors (Lipinski definition) is 5. The summed E-state index contributed by atoms with van der Waals surface area (Å²) in [6, 6.07) is 8.44. The predicted octanol–water partition coefficient (Wildman–Crippen LogP) is 2.71. The van der Waals surface area contributed by atoms with Crippen LogP contribution in [0.5, 0.6) is 5.75 Å². The first-order valence-corrected chi connectivity index (χ1v) is 8.44. The fourth-order valence-corrected chi connectivity index (χ4v) is 3.01. The Labute approximate surface area is 146 Å². The van der Waals surface area contributed by atoms with Crippen LogP contribution in [0.25, 0.3) is 0 Å². The Kier molecular flexibility index (Phi) is 5.12. The van der Waals surface area contributed by atoms with Gasteiger partial charge in [0.05, 0.1) is 12.3 Å². The zero-order valence-corrected chi connectivity index (χ0v) is 13.7. The minimum absolute atomic E-state index is 0.0685. The fourth-order valence-electron chi connectivity index (χ4n) is 2.34. The van der Waals surface area contributed by atoms with Gasteiger partial charge in [-0.3, -0.25) is 4.79 Å². The van der Waals surface area contributed by atoms with Crippen LogP contribution in [0.15, 0.2) is 41.7 Å². The topological polar surface area (TPSA) is 64.1 Å². The normalized spacial score (nSPS) is 16.2. The van der Waals surface area contributed by atoms with E-state index in [1.807, 2.05) is 24.3 Å². The van der Waals surface area contributed by atoms with Gasteiger partial charge in [0.1, 0.15) is 17.5 Å². The van der Waals surface area contributed by atoms with Crippen molar-refractivity contribution in [2.75, 3.05) is 12.3 Å². The highest BCUT2D eigenvalue weighted by atomic mass is 32.2. The van der Waals surface area contributed by atoms with Crippen LogP contribution >= 0.6 is 11.8 Å². The summed E-state index contributed by atoms with van der Waals surface area (Å²) < 4.78 is 43.4. The first-order chi connectivity index (χ1) is 11.9. The number of benzene rings is 1. The number of carbonyl (C=O) groups excluding carboxylic acids is 1. The molecule has 1 aromatic carbocycles. The predicted molar refractivity (Wildman–Crippen MR) is 85.3 cm³/mol. The Morgan fingerprint density at radius 1 is 1.32 bits per heavy atom. The third-order valence-corrected chi connectivity index (χ3v) is 4.36. The van der Waals surface area contributed by atoms with Gasteiger partial charge in [-0.15, -0.1) is 0 Å². The molecule has 0 saturated heterocycles. The number of ether oxygens (including phenoxy) is 1. The lowest BCUT2D eigenvalue weighted by atomic mass is 10.1. The third-order valence-electron chi connectivity index (χ3n) is 3.50. The lowest BCUT2D eigenvalue weighted by Gasteiger charge is -2.11. The van der Waals surface area contributed by atoms with Gasteiger partial charge in [0, 0.05) is 12.6 Å². The molecular formula is C16H14F3N3O2S. The van der Waals surface area contributed by atoms with Gasteiger partial charge < -0.3 is 10.1 Å². The molecule has 0 bridgehead atoms. The summed E-state index contributed by atoms with van der Waals surface area (Å²) in [6.07, 6.45) is -2.94. The summed E-state index contributed by atoms with van der Waals surface area (Å²) in [5.41, 5.74) is 0.0658. The van der Waals surface area contributed by atoms with Gasteiger partial charge in [-0.2, -0.15) is 13.2 Å². The molecular weight excluding hydrogens is 355 g/mol. The van der Waals surface area contributed by atoms with E-state index in [1.165, 1.54) is 0 Å². The molecule has 0 radical (unpaired) electrons. The molecule has 0 saturated carbocycles. The maximum Gasteiger partial charge on any atom is 0.433 e. The molecule has 132 valence electrons. The maximum absolute atomic E-state index is 12.6. The highest BCUT2D eigenvalue weighted by molar-refractivity contribution is 7.99. The summed E-state index contributed by atoms with van der Waals surface area (Å²) in [4.78, 5) is 19.0. The highest BCUT2D eigenvalue weighted by Gasteiger charge is 2.32. The van der Waals surface area contributed by atoms with Crippen molar-refractivity contribution in [3.05, 3.63) is 47.8 Å². The first-order valence-electron chi connectivity index (χ1n) is 7.46. The monoisotopic (exact) mass is 369 g/mol. The van der Waals surface area contributed by atoms with Crippen LogP contribution in [0.3, 0.4) is 0 Å². The molecule has 9 heteroatoms. The van der Waals surface area contributed by atoms with E-state index in [4.69, 9.17) is 4.74 Å². The van der Waals surface area contributed by atoms with E-state index in [-0.39, 0.29) is 22.9 Å². The van der Waals surface area contributed by atoms with Gasteiger partial charge in [-0.1, -0.05) is 30.0 Å². The lowest BCUT2D eigenvalue weighted by Crippen LogP contribution is -2.35. The van der Waals surface area contributed by atoms with Crippen molar-refractivity contribution in [1.29, 1.82) is 0 Å². The molecule has 1 atom stereocenters.